The van der Waals surface area contributed by atoms with Gasteiger partial charge in [-0.05, 0) is 11.5 Å². The minimum atomic E-state index is -1.65. The Morgan fingerprint density at radius 3 is 2.33 bits per heavy atom. The van der Waals surface area contributed by atoms with E-state index in [-0.39, 0.29) is 16.6 Å². The highest BCUT2D eigenvalue weighted by atomic mass is 35.6. The third kappa shape index (κ3) is 2.29. The molecule has 1 aromatic rings. The third-order valence-electron chi connectivity index (χ3n) is 0.981. The molecule has 0 radical (unpaired) electrons. The lowest BCUT2D eigenvalue weighted by atomic mass is 10.5. The van der Waals surface area contributed by atoms with Crippen LogP contribution in [0.2, 0.25) is 0 Å². The van der Waals surface area contributed by atoms with Gasteiger partial charge in [-0.2, -0.15) is 4.37 Å². The molecule has 0 aliphatic rings. The summed E-state index contributed by atoms with van der Waals surface area (Å²) in [6.07, 6.45) is 0. The Labute approximate surface area is 87.8 Å². The number of ketones is 1. The van der Waals surface area contributed by atoms with Crippen LogP contribution in [-0.2, 0) is 3.79 Å². The van der Waals surface area contributed by atoms with Crippen molar-refractivity contribution in [2.75, 3.05) is 0 Å². The van der Waals surface area contributed by atoms with Crippen molar-refractivity contribution in [1.29, 1.82) is 0 Å². The molecule has 1 heterocycles. The summed E-state index contributed by atoms with van der Waals surface area (Å²) < 4.78 is 2.07. The molecule has 1 aromatic heterocycles. The largest absolute Gasteiger partial charge is 0.292 e. The maximum absolute atomic E-state index is 10.8. The van der Waals surface area contributed by atoms with Gasteiger partial charge in [-0.15, -0.1) is 0 Å². The highest BCUT2D eigenvalue weighted by Crippen LogP contribution is 2.36. The van der Waals surface area contributed by atoms with E-state index in [1.54, 1.807) is 0 Å². The number of rotatable bonds is 1. The van der Waals surface area contributed by atoms with Crippen molar-refractivity contribution in [3.63, 3.8) is 0 Å². The third-order valence-corrected chi connectivity index (χ3v) is 2.30. The summed E-state index contributed by atoms with van der Waals surface area (Å²) in [6.45, 7) is 1.38. The number of hydrogen-bond donors (Lipinski definition) is 0. The van der Waals surface area contributed by atoms with Crippen LogP contribution in [0.5, 0.6) is 0 Å². The Morgan fingerprint density at radius 1 is 1.50 bits per heavy atom. The van der Waals surface area contributed by atoms with E-state index in [4.69, 9.17) is 34.8 Å². The topological polar surface area (TPSA) is 42.9 Å². The first-order chi connectivity index (χ1) is 5.41. The van der Waals surface area contributed by atoms with Crippen LogP contribution in [0, 0.1) is 0 Å². The number of Topliss-reactive ketones (excluding diaryl/α,β-unsaturated/α-hetero) is 1. The summed E-state index contributed by atoms with van der Waals surface area (Å²) in [6, 6.07) is 0. The van der Waals surface area contributed by atoms with Crippen molar-refractivity contribution < 1.29 is 4.79 Å². The Bertz CT molecular complexity index is 306. The summed E-state index contributed by atoms with van der Waals surface area (Å²) in [7, 11) is 0. The fourth-order valence-corrected chi connectivity index (χ4v) is 1.49. The highest BCUT2D eigenvalue weighted by molar-refractivity contribution is 7.07. The average Bonchev–Trinajstić information content (AvgIpc) is 2.30. The first kappa shape index (κ1) is 10.2. The molecule has 0 aliphatic carbocycles. The molecule has 0 amide bonds. The number of carbonyl (C=O) groups is 1. The molecule has 0 atom stereocenters. The molecule has 7 heteroatoms. The van der Waals surface area contributed by atoms with Gasteiger partial charge in [0.25, 0.3) is 3.79 Å². The normalized spacial score (nSPS) is 11.7. The number of halogens is 3. The summed E-state index contributed by atoms with van der Waals surface area (Å²) in [5.41, 5.74) is 0. The fraction of sp³-hybridized carbons (Fsp3) is 0.400. The second kappa shape index (κ2) is 3.46. The van der Waals surface area contributed by atoms with Crippen molar-refractivity contribution in [1.82, 2.24) is 9.36 Å². The Balaban J connectivity index is 3.00. The number of carbonyl (C=O) groups excluding carboxylic acids is 1. The van der Waals surface area contributed by atoms with E-state index < -0.39 is 3.79 Å². The average molecular weight is 246 g/mol. The number of alkyl halides is 3. The second-order valence-corrected chi connectivity index (χ2v) is 5.01. The first-order valence-corrected chi connectivity index (χ1v) is 4.74. The monoisotopic (exact) mass is 244 g/mol. The molecule has 1 rings (SSSR count). The zero-order valence-corrected chi connectivity index (χ0v) is 8.93. The van der Waals surface area contributed by atoms with Crippen LogP contribution in [0.4, 0.5) is 0 Å². The van der Waals surface area contributed by atoms with Crippen molar-refractivity contribution in [3.8, 4) is 0 Å². The van der Waals surface area contributed by atoms with Crippen LogP contribution in [0.1, 0.15) is 22.6 Å². The van der Waals surface area contributed by atoms with Crippen LogP contribution in [0.3, 0.4) is 0 Å². The molecular formula is C5H3Cl3N2OS. The maximum atomic E-state index is 10.8. The SMILES string of the molecule is CC(=O)c1nc(C(Cl)(Cl)Cl)ns1. The molecule has 0 bridgehead atoms. The molecule has 0 aromatic carbocycles. The lowest BCUT2D eigenvalue weighted by Crippen LogP contribution is -2.03. The number of nitrogens with zero attached hydrogens (tertiary/aromatic N) is 2. The molecule has 0 spiro atoms. The van der Waals surface area contributed by atoms with Gasteiger partial charge in [0.2, 0.25) is 0 Å². The van der Waals surface area contributed by atoms with Gasteiger partial charge in [0, 0.05) is 6.92 Å². The Hall–Kier alpha value is 0.1000. The van der Waals surface area contributed by atoms with Crippen LogP contribution < -0.4 is 0 Å². The van der Waals surface area contributed by atoms with Gasteiger partial charge in [-0.1, -0.05) is 34.8 Å². The van der Waals surface area contributed by atoms with E-state index in [0.717, 1.165) is 11.5 Å². The summed E-state index contributed by atoms with van der Waals surface area (Å²) in [5.74, 6) is -0.143. The highest BCUT2D eigenvalue weighted by Gasteiger charge is 2.28. The van der Waals surface area contributed by atoms with Gasteiger partial charge >= 0.3 is 0 Å². The molecule has 3 nitrogen and oxygen atoms in total. The predicted molar refractivity (Wildman–Crippen MR) is 49.2 cm³/mol. The molecule has 0 aliphatic heterocycles. The Kier molecular flexibility index (Phi) is 2.93. The van der Waals surface area contributed by atoms with Crippen molar-refractivity contribution in [2.24, 2.45) is 0 Å². The molecule has 0 saturated carbocycles. The van der Waals surface area contributed by atoms with E-state index in [1.807, 2.05) is 0 Å². The van der Waals surface area contributed by atoms with Gasteiger partial charge in [-0.3, -0.25) is 4.79 Å². The smallest absolute Gasteiger partial charge is 0.251 e. The van der Waals surface area contributed by atoms with Crippen molar-refractivity contribution in [2.45, 2.75) is 10.7 Å². The minimum absolute atomic E-state index is 0.0442. The van der Waals surface area contributed by atoms with Gasteiger partial charge in [0.05, 0.1) is 0 Å². The number of hydrogen-bond acceptors (Lipinski definition) is 4. The molecule has 0 saturated heterocycles. The molecule has 12 heavy (non-hydrogen) atoms. The standard InChI is InChI=1S/C5H3Cl3N2OS/c1-2(11)3-9-4(10-12-3)5(6,7)8/h1H3. The van der Waals surface area contributed by atoms with Crippen LogP contribution >= 0.6 is 46.3 Å². The van der Waals surface area contributed by atoms with Crippen LogP contribution in [0.25, 0.3) is 0 Å². The summed E-state index contributed by atoms with van der Waals surface area (Å²) in [5, 5.41) is 0.247. The molecule has 0 N–H and O–H groups in total. The van der Waals surface area contributed by atoms with Crippen molar-refractivity contribution >= 4 is 52.1 Å². The van der Waals surface area contributed by atoms with Gasteiger partial charge in [0.1, 0.15) is 0 Å². The fourth-order valence-electron chi connectivity index (χ4n) is 0.482. The maximum Gasteiger partial charge on any atom is 0.251 e. The van der Waals surface area contributed by atoms with Crippen molar-refractivity contribution in [3.05, 3.63) is 10.8 Å². The zero-order valence-electron chi connectivity index (χ0n) is 5.84. The first-order valence-electron chi connectivity index (χ1n) is 2.83. The quantitative estimate of drug-likeness (QED) is 0.564. The molecule has 0 unspecified atom stereocenters. The lowest BCUT2D eigenvalue weighted by Gasteiger charge is -2.02. The second-order valence-electron chi connectivity index (χ2n) is 1.98. The minimum Gasteiger partial charge on any atom is -0.292 e. The van der Waals surface area contributed by atoms with Gasteiger partial charge < -0.3 is 0 Å². The molecule has 0 fully saturated rings. The van der Waals surface area contributed by atoms with E-state index >= 15 is 0 Å². The van der Waals surface area contributed by atoms with Crippen LogP contribution in [-0.4, -0.2) is 15.1 Å². The number of aromatic nitrogens is 2. The predicted octanol–water partition coefficient (Wildman–Crippen LogP) is 2.57. The molecular weight excluding hydrogens is 242 g/mol. The molecule has 66 valence electrons. The lowest BCUT2D eigenvalue weighted by molar-refractivity contribution is 0.101. The van der Waals surface area contributed by atoms with Gasteiger partial charge in [-0.25, -0.2) is 4.98 Å². The van der Waals surface area contributed by atoms with Crippen LogP contribution in [0.15, 0.2) is 0 Å². The summed E-state index contributed by atoms with van der Waals surface area (Å²) >= 11 is 17.4. The van der Waals surface area contributed by atoms with E-state index in [2.05, 4.69) is 9.36 Å². The van der Waals surface area contributed by atoms with E-state index in [0.29, 0.717) is 0 Å². The van der Waals surface area contributed by atoms with E-state index in [9.17, 15) is 4.79 Å². The Morgan fingerprint density at radius 2 is 2.08 bits per heavy atom. The zero-order chi connectivity index (χ0) is 9.35. The van der Waals surface area contributed by atoms with Gasteiger partial charge in [0.15, 0.2) is 16.6 Å². The summed E-state index contributed by atoms with van der Waals surface area (Å²) in [4.78, 5) is 14.5. The van der Waals surface area contributed by atoms with E-state index in [1.165, 1.54) is 6.92 Å².